The summed E-state index contributed by atoms with van der Waals surface area (Å²) in [6.07, 6.45) is 0.783. The first-order valence-electron chi connectivity index (χ1n) is 9.92. The Bertz CT molecular complexity index is 1220. The van der Waals surface area contributed by atoms with Gasteiger partial charge < -0.3 is 15.4 Å². The van der Waals surface area contributed by atoms with Crippen LogP contribution in [0.5, 0.6) is 11.5 Å². The number of aromatic nitrogens is 2. The first kappa shape index (κ1) is 22.0. The minimum atomic E-state index is -4.59. The van der Waals surface area contributed by atoms with Crippen LogP contribution in [-0.2, 0) is 11.0 Å². The summed E-state index contributed by atoms with van der Waals surface area (Å²) < 4.78 is 44.2. The number of hydrogen-bond donors (Lipinski definition) is 2. The molecule has 1 aliphatic heterocycles. The Morgan fingerprint density at radius 1 is 1.06 bits per heavy atom. The first-order chi connectivity index (χ1) is 15.9. The number of amidine groups is 1. The number of ether oxygens (including phenoxy) is 1. The van der Waals surface area contributed by atoms with E-state index < -0.39 is 17.8 Å². The summed E-state index contributed by atoms with van der Waals surface area (Å²) in [5, 5.41) is 5.54. The van der Waals surface area contributed by atoms with E-state index in [-0.39, 0.29) is 5.69 Å². The van der Waals surface area contributed by atoms with E-state index in [1.807, 2.05) is 0 Å². The van der Waals surface area contributed by atoms with Gasteiger partial charge in [-0.25, -0.2) is 0 Å². The third-order valence-corrected chi connectivity index (χ3v) is 4.49. The highest BCUT2D eigenvalue weighted by atomic mass is 19.4. The third kappa shape index (κ3) is 5.94. The fourth-order valence-electron chi connectivity index (χ4n) is 3.01. The lowest BCUT2D eigenvalue weighted by atomic mass is 10.2. The van der Waals surface area contributed by atoms with Gasteiger partial charge in [0.05, 0.1) is 6.54 Å². The zero-order chi connectivity index (χ0) is 23.3. The topological polar surface area (TPSA) is 88.5 Å². The van der Waals surface area contributed by atoms with Gasteiger partial charge in [-0.15, -0.1) is 0 Å². The van der Waals surface area contributed by atoms with E-state index in [1.165, 1.54) is 18.2 Å². The number of hydrogen-bond acceptors (Lipinski definition) is 6. The molecule has 0 bridgehead atoms. The van der Waals surface area contributed by atoms with Crippen LogP contribution in [0.3, 0.4) is 0 Å². The van der Waals surface area contributed by atoms with Gasteiger partial charge in [-0.1, -0.05) is 12.1 Å². The molecule has 3 aromatic rings. The monoisotopic (exact) mass is 453 g/mol. The molecule has 0 unspecified atom stereocenters. The molecule has 1 aromatic carbocycles. The summed E-state index contributed by atoms with van der Waals surface area (Å²) in [4.78, 5) is 24.0. The molecule has 0 spiro atoms. The van der Waals surface area contributed by atoms with E-state index in [0.717, 1.165) is 24.6 Å². The predicted octanol–water partition coefficient (Wildman–Crippen LogP) is 4.29. The molecule has 0 fully saturated rings. The fraction of sp³-hybridized carbons (Fsp3) is 0.130. The number of aliphatic imine (C=N–C) groups is 1. The number of benzene rings is 1. The minimum Gasteiger partial charge on any atom is -0.457 e. The van der Waals surface area contributed by atoms with Gasteiger partial charge in [0.25, 0.3) is 0 Å². The van der Waals surface area contributed by atoms with Crippen molar-refractivity contribution in [3.05, 3.63) is 84.0 Å². The molecule has 168 valence electrons. The van der Waals surface area contributed by atoms with Crippen molar-refractivity contribution in [1.82, 2.24) is 15.3 Å². The molecule has 0 aliphatic carbocycles. The zero-order valence-corrected chi connectivity index (χ0v) is 17.1. The third-order valence-electron chi connectivity index (χ3n) is 4.49. The lowest BCUT2D eigenvalue weighted by Gasteiger charge is -2.08. The Morgan fingerprint density at radius 3 is 2.67 bits per heavy atom. The van der Waals surface area contributed by atoms with Gasteiger partial charge >= 0.3 is 6.18 Å². The summed E-state index contributed by atoms with van der Waals surface area (Å²) in [5.74, 6) is 1.26. The number of nitrogens with zero attached hydrogens (tertiary/aromatic N) is 3. The lowest BCUT2D eigenvalue weighted by molar-refractivity contribution is -0.141. The second-order valence-corrected chi connectivity index (χ2v) is 6.96. The van der Waals surface area contributed by atoms with E-state index in [0.29, 0.717) is 29.3 Å². The molecule has 7 nitrogen and oxygen atoms in total. The van der Waals surface area contributed by atoms with Crippen molar-refractivity contribution in [2.45, 2.75) is 6.18 Å². The van der Waals surface area contributed by atoms with Crippen LogP contribution in [0.2, 0.25) is 0 Å². The number of rotatable bonds is 6. The van der Waals surface area contributed by atoms with Gasteiger partial charge in [0, 0.05) is 36.8 Å². The number of carbonyl (C=O) groups excluding carboxylic acids is 1. The summed E-state index contributed by atoms with van der Waals surface area (Å²) in [6, 6.07) is 12.6. The van der Waals surface area contributed by atoms with Crippen LogP contribution < -0.4 is 15.4 Å². The normalized spacial score (nSPS) is 13.5. The average molecular weight is 453 g/mol. The van der Waals surface area contributed by atoms with Crippen LogP contribution in [0.1, 0.15) is 17.0 Å². The molecular formula is C23H18F3N5O2. The minimum absolute atomic E-state index is 0.00101. The van der Waals surface area contributed by atoms with E-state index in [4.69, 9.17) is 4.74 Å². The van der Waals surface area contributed by atoms with Gasteiger partial charge in [-0.2, -0.15) is 13.2 Å². The quantitative estimate of drug-likeness (QED) is 0.544. The SMILES string of the molecule is O=C(C=Cc1cccc(Oc2ccnc(C3=NCCN3)c2)c1)Nc1ccnc(C(F)(F)F)c1. The molecule has 1 aliphatic rings. The van der Waals surface area contributed by atoms with Crippen LogP contribution >= 0.6 is 0 Å². The smallest absolute Gasteiger partial charge is 0.433 e. The van der Waals surface area contributed by atoms with Crippen molar-refractivity contribution in [3.8, 4) is 11.5 Å². The van der Waals surface area contributed by atoms with E-state index >= 15 is 0 Å². The number of nitrogens with one attached hydrogen (secondary N) is 2. The number of anilines is 1. The van der Waals surface area contributed by atoms with Crippen molar-refractivity contribution < 1.29 is 22.7 Å². The fourth-order valence-corrected chi connectivity index (χ4v) is 3.01. The highest BCUT2D eigenvalue weighted by Gasteiger charge is 2.32. The summed E-state index contributed by atoms with van der Waals surface area (Å²) in [7, 11) is 0. The number of halogens is 3. The van der Waals surface area contributed by atoms with E-state index in [1.54, 1.807) is 42.6 Å². The molecule has 0 saturated heterocycles. The number of amides is 1. The van der Waals surface area contributed by atoms with Crippen LogP contribution in [0, 0.1) is 0 Å². The molecular weight excluding hydrogens is 435 g/mol. The van der Waals surface area contributed by atoms with Crippen molar-refractivity contribution in [2.24, 2.45) is 4.99 Å². The standard InChI is InChI=1S/C23H18F3N5O2/c24-23(25,26)20-13-16(6-8-28-20)31-21(32)5-4-15-2-1-3-17(12-15)33-18-7-9-27-19(14-18)22-29-10-11-30-22/h1-9,12-14H,10-11H2,(H,29,30)(H,28,31,32). The van der Waals surface area contributed by atoms with Crippen LogP contribution in [0.4, 0.5) is 18.9 Å². The Balaban J connectivity index is 1.41. The van der Waals surface area contributed by atoms with Crippen LogP contribution in [0.15, 0.2) is 72.0 Å². The molecule has 1 amide bonds. The molecule has 10 heteroatoms. The Morgan fingerprint density at radius 2 is 1.88 bits per heavy atom. The molecule has 4 rings (SSSR count). The summed E-state index contributed by atoms with van der Waals surface area (Å²) >= 11 is 0. The second-order valence-electron chi connectivity index (χ2n) is 6.96. The molecule has 0 saturated carbocycles. The number of pyridine rings is 2. The van der Waals surface area contributed by atoms with Gasteiger partial charge in [0.15, 0.2) is 0 Å². The zero-order valence-electron chi connectivity index (χ0n) is 17.1. The van der Waals surface area contributed by atoms with Crippen molar-refractivity contribution in [1.29, 1.82) is 0 Å². The Kier molecular flexibility index (Phi) is 6.34. The second kappa shape index (κ2) is 9.51. The Labute approximate surface area is 187 Å². The number of alkyl halides is 3. The molecule has 2 N–H and O–H groups in total. The Hall–Kier alpha value is -4.21. The molecule has 33 heavy (non-hydrogen) atoms. The summed E-state index contributed by atoms with van der Waals surface area (Å²) in [5.41, 5.74) is 0.273. The van der Waals surface area contributed by atoms with Crippen LogP contribution in [0.25, 0.3) is 6.08 Å². The van der Waals surface area contributed by atoms with Crippen molar-refractivity contribution in [2.75, 3.05) is 18.4 Å². The first-order valence-corrected chi connectivity index (χ1v) is 9.92. The van der Waals surface area contributed by atoms with Gasteiger partial charge in [-0.3, -0.25) is 19.8 Å². The van der Waals surface area contributed by atoms with Gasteiger partial charge in [0.1, 0.15) is 28.7 Å². The van der Waals surface area contributed by atoms with E-state index in [9.17, 15) is 18.0 Å². The predicted molar refractivity (Wildman–Crippen MR) is 117 cm³/mol. The van der Waals surface area contributed by atoms with Crippen LogP contribution in [-0.4, -0.2) is 34.8 Å². The van der Waals surface area contributed by atoms with Gasteiger partial charge in [0.2, 0.25) is 5.91 Å². The van der Waals surface area contributed by atoms with E-state index in [2.05, 4.69) is 25.6 Å². The largest absolute Gasteiger partial charge is 0.457 e. The average Bonchev–Trinajstić information content (AvgIpc) is 3.33. The highest BCUT2D eigenvalue weighted by molar-refractivity contribution is 6.02. The molecule has 0 atom stereocenters. The molecule has 0 radical (unpaired) electrons. The molecule has 2 aromatic heterocycles. The maximum absolute atomic E-state index is 12.8. The van der Waals surface area contributed by atoms with Crippen molar-refractivity contribution >= 4 is 23.5 Å². The molecule has 3 heterocycles. The number of carbonyl (C=O) groups is 1. The maximum Gasteiger partial charge on any atom is 0.433 e. The highest BCUT2D eigenvalue weighted by Crippen LogP contribution is 2.29. The lowest BCUT2D eigenvalue weighted by Crippen LogP contribution is -2.20. The summed E-state index contributed by atoms with van der Waals surface area (Å²) in [6.45, 7) is 1.48. The maximum atomic E-state index is 12.8. The van der Waals surface area contributed by atoms with Crippen molar-refractivity contribution in [3.63, 3.8) is 0 Å². The van der Waals surface area contributed by atoms with Gasteiger partial charge in [-0.05, 0) is 42.0 Å².